The van der Waals surface area contributed by atoms with Crippen LogP contribution >= 0.6 is 0 Å². The summed E-state index contributed by atoms with van der Waals surface area (Å²) < 4.78 is 25.5. The van der Waals surface area contributed by atoms with Gasteiger partial charge in [-0.1, -0.05) is 19.1 Å². The SMILES string of the molecule is CCCNCCCCS(=O)(=O)N1CC=CCC1. The molecule has 0 aromatic rings. The topological polar surface area (TPSA) is 49.4 Å². The predicted molar refractivity (Wildman–Crippen MR) is 71.5 cm³/mol. The summed E-state index contributed by atoms with van der Waals surface area (Å²) in [5, 5.41) is 3.28. The van der Waals surface area contributed by atoms with Gasteiger partial charge in [0.15, 0.2) is 0 Å². The molecule has 0 atom stereocenters. The molecule has 0 radical (unpaired) electrons. The van der Waals surface area contributed by atoms with Gasteiger partial charge in [-0.15, -0.1) is 0 Å². The summed E-state index contributed by atoms with van der Waals surface area (Å²) in [7, 11) is -3.02. The van der Waals surface area contributed by atoms with Gasteiger partial charge in [0, 0.05) is 13.1 Å². The van der Waals surface area contributed by atoms with Crippen LogP contribution < -0.4 is 5.32 Å². The van der Waals surface area contributed by atoms with Crippen molar-refractivity contribution in [1.82, 2.24) is 9.62 Å². The number of nitrogens with zero attached hydrogens (tertiary/aromatic N) is 1. The van der Waals surface area contributed by atoms with Gasteiger partial charge in [0.25, 0.3) is 0 Å². The van der Waals surface area contributed by atoms with E-state index in [2.05, 4.69) is 12.2 Å². The highest BCUT2D eigenvalue weighted by molar-refractivity contribution is 7.89. The van der Waals surface area contributed by atoms with Crippen molar-refractivity contribution in [2.45, 2.75) is 32.6 Å². The Hall–Kier alpha value is -0.390. The second-order valence-corrected chi connectivity index (χ2v) is 6.48. The standard InChI is InChI=1S/C12H24N2O2S/c1-2-8-13-9-4-7-12-17(15,16)14-10-5-3-6-11-14/h3,5,13H,2,4,6-12H2,1H3. The van der Waals surface area contributed by atoms with Gasteiger partial charge in [0.2, 0.25) is 10.0 Å². The lowest BCUT2D eigenvalue weighted by Gasteiger charge is -2.22. The summed E-state index contributed by atoms with van der Waals surface area (Å²) in [6, 6.07) is 0. The molecule has 0 aromatic heterocycles. The molecule has 17 heavy (non-hydrogen) atoms. The van der Waals surface area contributed by atoms with E-state index in [4.69, 9.17) is 0 Å². The maximum absolute atomic E-state index is 11.9. The molecule has 100 valence electrons. The molecular weight excluding hydrogens is 236 g/mol. The molecule has 0 spiro atoms. The van der Waals surface area contributed by atoms with Gasteiger partial charge in [-0.3, -0.25) is 0 Å². The summed E-state index contributed by atoms with van der Waals surface area (Å²) in [5.74, 6) is 0.286. The highest BCUT2D eigenvalue weighted by Gasteiger charge is 2.20. The molecule has 0 aromatic carbocycles. The molecule has 0 bridgehead atoms. The Kier molecular flexibility index (Phi) is 6.77. The minimum Gasteiger partial charge on any atom is -0.317 e. The van der Waals surface area contributed by atoms with Crippen molar-refractivity contribution in [1.29, 1.82) is 0 Å². The smallest absolute Gasteiger partial charge is 0.214 e. The Bertz CT molecular complexity index is 325. The third-order valence-corrected chi connectivity index (χ3v) is 4.77. The fraction of sp³-hybridized carbons (Fsp3) is 0.833. The molecule has 1 aliphatic heterocycles. The number of rotatable bonds is 8. The third-order valence-electron chi connectivity index (χ3n) is 2.85. The molecule has 0 saturated carbocycles. The van der Waals surface area contributed by atoms with Crippen molar-refractivity contribution in [2.75, 3.05) is 31.9 Å². The van der Waals surface area contributed by atoms with E-state index in [1.165, 1.54) is 0 Å². The van der Waals surface area contributed by atoms with Gasteiger partial charge in [-0.2, -0.15) is 4.31 Å². The Labute approximate surface area is 105 Å². The number of hydrogen-bond donors (Lipinski definition) is 1. The number of sulfonamides is 1. The molecule has 1 heterocycles. The third kappa shape index (κ3) is 5.66. The Morgan fingerprint density at radius 3 is 2.71 bits per heavy atom. The Morgan fingerprint density at radius 2 is 2.06 bits per heavy atom. The Balaban J connectivity index is 2.18. The van der Waals surface area contributed by atoms with E-state index in [0.717, 1.165) is 38.8 Å². The van der Waals surface area contributed by atoms with Crippen LogP contribution in [0.2, 0.25) is 0 Å². The van der Waals surface area contributed by atoms with E-state index in [-0.39, 0.29) is 5.75 Å². The van der Waals surface area contributed by atoms with Gasteiger partial charge in [-0.05, 0) is 38.8 Å². The highest BCUT2D eigenvalue weighted by Crippen LogP contribution is 2.09. The van der Waals surface area contributed by atoms with Crippen LogP contribution in [0.3, 0.4) is 0 Å². The fourth-order valence-electron chi connectivity index (χ4n) is 1.84. The number of hydrogen-bond acceptors (Lipinski definition) is 3. The van der Waals surface area contributed by atoms with Crippen molar-refractivity contribution in [2.24, 2.45) is 0 Å². The second-order valence-electron chi connectivity index (χ2n) is 4.39. The zero-order chi connectivity index (χ0) is 12.6. The highest BCUT2D eigenvalue weighted by atomic mass is 32.2. The van der Waals surface area contributed by atoms with Crippen molar-refractivity contribution < 1.29 is 8.42 Å². The van der Waals surface area contributed by atoms with Crippen molar-refractivity contribution in [3.8, 4) is 0 Å². The minimum absolute atomic E-state index is 0.286. The molecular formula is C12H24N2O2S. The lowest BCUT2D eigenvalue weighted by Crippen LogP contribution is -2.35. The average Bonchev–Trinajstić information content (AvgIpc) is 2.35. The molecule has 0 saturated heterocycles. The lowest BCUT2D eigenvalue weighted by molar-refractivity contribution is 0.435. The van der Waals surface area contributed by atoms with E-state index in [9.17, 15) is 8.42 Å². The summed E-state index contributed by atoms with van der Waals surface area (Å²) >= 11 is 0. The van der Waals surface area contributed by atoms with E-state index in [0.29, 0.717) is 13.1 Å². The first-order valence-corrected chi connectivity index (χ1v) is 8.11. The summed E-state index contributed by atoms with van der Waals surface area (Å²) in [6.07, 6.45) is 7.63. The van der Waals surface area contributed by atoms with Crippen LogP contribution in [0, 0.1) is 0 Å². The molecule has 4 nitrogen and oxygen atoms in total. The van der Waals surface area contributed by atoms with Gasteiger partial charge < -0.3 is 5.32 Å². The van der Waals surface area contributed by atoms with Crippen molar-refractivity contribution in [3.63, 3.8) is 0 Å². The maximum Gasteiger partial charge on any atom is 0.214 e. The van der Waals surface area contributed by atoms with Crippen LogP contribution in [0.25, 0.3) is 0 Å². The molecule has 1 N–H and O–H groups in total. The molecule has 0 amide bonds. The Morgan fingerprint density at radius 1 is 1.24 bits per heavy atom. The van der Waals surface area contributed by atoms with Crippen LogP contribution in [0.4, 0.5) is 0 Å². The summed E-state index contributed by atoms with van der Waals surface area (Å²) in [4.78, 5) is 0. The first kappa shape index (κ1) is 14.7. The summed E-state index contributed by atoms with van der Waals surface area (Å²) in [5.41, 5.74) is 0. The fourth-order valence-corrected chi connectivity index (χ4v) is 3.36. The number of nitrogens with one attached hydrogen (secondary N) is 1. The van der Waals surface area contributed by atoms with E-state index in [1.54, 1.807) is 4.31 Å². The largest absolute Gasteiger partial charge is 0.317 e. The van der Waals surface area contributed by atoms with E-state index >= 15 is 0 Å². The molecule has 1 rings (SSSR count). The summed E-state index contributed by atoms with van der Waals surface area (Å²) in [6.45, 7) is 5.26. The normalized spacial score (nSPS) is 17.5. The van der Waals surface area contributed by atoms with Crippen LogP contribution in [0.5, 0.6) is 0 Å². The first-order valence-electron chi connectivity index (χ1n) is 6.50. The average molecular weight is 260 g/mol. The van der Waals surface area contributed by atoms with Gasteiger partial charge in [0.05, 0.1) is 5.75 Å². The predicted octanol–water partition coefficient (Wildman–Crippen LogP) is 1.36. The van der Waals surface area contributed by atoms with Gasteiger partial charge >= 0.3 is 0 Å². The molecule has 5 heteroatoms. The first-order chi connectivity index (χ1) is 8.17. The molecule has 0 unspecified atom stereocenters. The maximum atomic E-state index is 11.9. The minimum atomic E-state index is -3.02. The monoisotopic (exact) mass is 260 g/mol. The lowest BCUT2D eigenvalue weighted by atomic mass is 10.3. The van der Waals surface area contributed by atoms with Crippen molar-refractivity contribution in [3.05, 3.63) is 12.2 Å². The van der Waals surface area contributed by atoms with E-state index < -0.39 is 10.0 Å². The molecule has 0 fully saturated rings. The molecule has 1 aliphatic rings. The van der Waals surface area contributed by atoms with Crippen LogP contribution in [0.15, 0.2) is 12.2 Å². The van der Waals surface area contributed by atoms with E-state index in [1.807, 2.05) is 12.2 Å². The molecule has 0 aliphatic carbocycles. The second kappa shape index (κ2) is 7.84. The van der Waals surface area contributed by atoms with Crippen LogP contribution in [-0.2, 0) is 10.0 Å². The number of unbranched alkanes of at least 4 members (excludes halogenated alkanes) is 1. The van der Waals surface area contributed by atoms with Crippen molar-refractivity contribution >= 4 is 10.0 Å². The zero-order valence-corrected chi connectivity index (χ0v) is 11.5. The van der Waals surface area contributed by atoms with Gasteiger partial charge in [-0.25, -0.2) is 8.42 Å². The van der Waals surface area contributed by atoms with Gasteiger partial charge in [0.1, 0.15) is 0 Å². The van der Waals surface area contributed by atoms with Crippen LogP contribution in [0.1, 0.15) is 32.6 Å². The quantitative estimate of drug-likeness (QED) is 0.529. The zero-order valence-electron chi connectivity index (χ0n) is 10.7. The van der Waals surface area contributed by atoms with Crippen LogP contribution in [-0.4, -0.2) is 44.7 Å².